The molecular weight excluding hydrogens is 208 g/mol. The largest absolute Gasteiger partial charge is 0.626 e. The van der Waals surface area contributed by atoms with Gasteiger partial charge in [-0.1, -0.05) is 18.2 Å². The van der Waals surface area contributed by atoms with Crippen LogP contribution in [0.4, 0.5) is 5.82 Å². The molecule has 5 nitrogen and oxygen atoms in total. The van der Waals surface area contributed by atoms with E-state index in [1.54, 1.807) is 12.1 Å². The van der Waals surface area contributed by atoms with Crippen LogP contribution in [0.15, 0.2) is 48.7 Å². The van der Waals surface area contributed by atoms with Gasteiger partial charge in [-0.2, -0.15) is 0 Å². The number of aromatic nitrogens is 1. The summed E-state index contributed by atoms with van der Waals surface area (Å²) < 4.78 is 5.44. The van der Waals surface area contributed by atoms with E-state index in [-0.39, 0.29) is 5.82 Å². The van der Waals surface area contributed by atoms with Crippen molar-refractivity contribution in [2.24, 2.45) is 0 Å². The highest BCUT2D eigenvalue weighted by Crippen LogP contribution is 2.19. The Morgan fingerprint density at radius 3 is 2.25 bits per heavy atom. The van der Waals surface area contributed by atoms with E-state index in [0.717, 1.165) is 0 Å². The predicted octanol–water partition coefficient (Wildman–Crippen LogP) is 1.39. The summed E-state index contributed by atoms with van der Waals surface area (Å²) in [4.78, 5) is 3.69. The average Bonchev–Trinajstić information content (AvgIpc) is 2.31. The summed E-state index contributed by atoms with van der Waals surface area (Å²) in [5.41, 5.74) is 0. The van der Waals surface area contributed by atoms with Gasteiger partial charge in [-0.3, -0.25) is 0 Å². The number of hydrogen-bond acceptors (Lipinski definition) is 4. The van der Waals surface area contributed by atoms with Crippen LogP contribution in [0.1, 0.15) is 0 Å². The molecule has 0 saturated carbocycles. The third kappa shape index (κ3) is 2.54. The van der Waals surface area contributed by atoms with Gasteiger partial charge in [0.2, 0.25) is 5.82 Å². The lowest BCUT2D eigenvalue weighted by atomic mass is 10.3. The molecule has 0 aliphatic rings. The second-order valence-electron chi connectivity index (χ2n) is 3.08. The van der Waals surface area contributed by atoms with Crippen molar-refractivity contribution in [1.82, 2.24) is 4.98 Å². The number of nitrogens with one attached hydrogen (secondary N) is 1. The normalized spacial score (nSPS) is 10.4. The molecule has 1 N–H and O–H groups in total. The van der Waals surface area contributed by atoms with Gasteiger partial charge in [0, 0.05) is 6.07 Å². The van der Waals surface area contributed by atoms with Crippen molar-refractivity contribution in [3.8, 4) is 11.5 Å². The second-order valence-corrected chi connectivity index (χ2v) is 3.08. The monoisotopic (exact) mass is 217 g/mol. The Morgan fingerprint density at radius 2 is 1.69 bits per heavy atom. The van der Waals surface area contributed by atoms with E-state index >= 15 is 0 Å². The molecule has 0 amide bonds. The summed E-state index contributed by atoms with van der Waals surface area (Å²) >= 11 is 0. The zero-order valence-corrected chi connectivity index (χ0v) is 8.29. The molecule has 5 heteroatoms. The Balaban J connectivity index is 2.11. The van der Waals surface area contributed by atoms with Crippen LogP contribution in [0.2, 0.25) is 0 Å². The van der Waals surface area contributed by atoms with Gasteiger partial charge in [0.15, 0.2) is 0 Å². The molecule has 0 aliphatic heterocycles. The Kier molecular flexibility index (Phi) is 3.11. The van der Waals surface area contributed by atoms with Gasteiger partial charge in [0.05, 0.1) is 6.20 Å². The van der Waals surface area contributed by atoms with Gasteiger partial charge in [-0.15, -0.1) is 0 Å². The number of para-hydroxylation sites is 1. The Bertz CT molecular complexity index is 443. The van der Waals surface area contributed by atoms with Crippen molar-refractivity contribution in [3.63, 3.8) is 0 Å². The summed E-state index contributed by atoms with van der Waals surface area (Å²) in [6, 6.07) is 12.0. The fraction of sp³-hybridized carbons (Fsp3) is 0. The van der Waals surface area contributed by atoms with Gasteiger partial charge in [0.25, 0.3) is 0 Å². The number of quaternary nitrogens is 1. The molecule has 1 aromatic carbocycles. The van der Waals surface area contributed by atoms with Gasteiger partial charge >= 0.3 is 0 Å². The number of hydrogen-bond donors (Lipinski definition) is 1. The van der Waals surface area contributed by atoms with Crippen LogP contribution in [-0.2, 0) is 0 Å². The quantitative estimate of drug-likeness (QED) is 0.788. The van der Waals surface area contributed by atoms with E-state index in [4.69, 9.17) is 4.74 Å². The summed E-state index contributed by atoms with van der Waals surface area (Å²) in [5, 5.41) is 19.6. The molecule has 82 valence electrons. The van der Waals surface area contributed by atoms with Crippen LogP contribution in [0.3, 0.4) is 0 Å². The number of pyridine rings is 1. The first kappa shape index (κ1) is 10.6. The first-order valence-corrected chi connectivity index (χ1v) is 4.66. The van der Waals surface area contributed by atoms with Crippen molar-refractivity contribution < 1.29 is 9.96 Å². The first-order valence-electron chi connectivity index (χ1n) is 4.66. The zero-order valence-electron chi connectivity index (χ0n) is 8.29. The third-order valence-corrected chi connectivity index (χ3v) is 1.92. The molecule has 0 atom stereocenters. The van der Waals surface area contributed by atoms with E-state index in [1.165, 1.54) is 18.3 Å². The van der Waals surface area contributed by atoms with Crippen molar-refractivity contribution in [2.45, 2.75) is 0 Å². The molecule has 1 aromatic heterocycles. The topological polar surface area (TPSA) is 72.7 Å². The highest BCUT2D eigenvalue weighted by molar-refractivity contribution is 5.32. The molecule has 2 rings (SSSR count). The van der Waals surface area contributed by atoms with E-state index in [1.807, 2.05) is 18.2 Å². The van der Waals surface area contributed by atoms with Gasteiger partial charge < -0.3 is 20.4 Å². The van der Waals surface area contributed by atoms with Crippen molar-refractivity contribution in [3.05, 3.63) is 59.1 Å². The minimum atomic E-state index is -1.30. The van der Waals surface area contributed by atoms with E-state index < -0.39 is 5.23 Å². The van der Waals surface area contributed by atoms with Crippen LogP contribution < -0.4 is 9.96 Å². The van der Waals surface area contributed by atoms with Crippen molar-refractivity contribution in [2.75, 3.05) is 0 Å². The third-order valence-electron chi connectivity index (χ3n) is 1.92. The number of ether oxygens (including phenoxy) is 1. The fourth-order valence-corrected chi connectivity index (χ4v) is 1.19. The van der Waals surface area contributed by atoms with Crippen molar-refractivity contribution >= 4 is 5.82 Å². The Morgan fingerprint density at radius 1 is 0.938 bits per heavy atom. The minimum absolute atomic E-state index is 0.111. The highest BCUT2D eigenvalue weighted by Gasteiger charge is 1.99. The molecule has 0 aliphatic carbocycles. The van der Waals surface area contributed by atoms with E-state index in [0.29, 0.717) is 11.5 Å². The maximum absolute atomic E-state index is 10.5. The number of rotatable bonds is 3. The standard InChI is InChI=1S/C11H9N2O3/c14-13(15)11-7-6-10(8-12-11)16-9-4-2-1-3-5-9/h1-8,13H/q-1. The van der Waals surface area contributed by atoms with Gasteiger partial charge in [-0.05, 0) is 18.2 Å². The summed E-state index contributed by atoms with van der Waals surface area (Å²) in [7, 11) is 0. The zero-order chi connectivity index (χ0) is 11.4. The molecule has 16 heavy (non-hydrogen) atoms. The molecule has 0 bridgehead atoms. The molecule has 0 radical (unpaired) electrons. The fourth-order valence-electron chi connectivity index (χ4n) is 1.19. The van der Waals surface area contributed by atoms with Crippen LogP contribution in [0.5, 0.6) is 11.5 Å². The number of nitrogens with zero attached hydrogens (tertiary/aromatic N) is 1. The second kappa shape index (κ2) is 4.71. The maximum Gasteiger partial charge on any atom is 0.226 e. The minimum Gasteiger partial charge on any atom is -0.626 e. The lowest BCUT2D eigenvalue weighted by Crippen LogP contribution is -2.96. The average molecular weight is 217 g/mol. The molecule has 2 aromatic rings. The SMILES string of the molecule is [O-][NH+]([O-])c1ccc(Oc2ccccc2)cn1. The van der Waals surface area contributed by atoms with Crippen LogP contribution in [0.25, 0.3) is 0 Å². The summed E-state index contributed by atoms with van der Waals surface area (Å²) in [6.45, 7) is 0. The maximum atomic E-state index is 10.5. The molecule has 0 spiro atoms. The number of benzene rings is 1. The van der Waals surface area contributed by atoms with Gasteiger partial charge in [-0.25, -0.2) is 4.98 Å². The predicted molar refractivity (Wildman–Crippen MR) is 58.1 cm³/mol. The van der Waals surface area contributed by atoms with Crippen LogP contribution in [-0.4, -0.2) is 4.98 Å². The highest BCUT2D eigenvalue weighted by atomic mass is 16.8. The Hall–Kier alpha value is -1.95. The summed E-state index contributed by atoms with van der Waals surface area (Å²) in [6.07, 6.45) is 1.35. The van der Waals surface area contributed by atoms with Crippen LogP contribution in [0, 0.1) is 10.4 Å². The molecule has 1 heterocycles. The lowest BCUT2D eigenvalue weighted by Gasteiger charge is -2.22. The Labute approximate surface area is 92.1 Å². The first-order chi connectivity index (χ1) is 7.75. The smallest absolute Gasteiger partial charge is 0.226 e. The molecule has 0 saturated heterocycles. The molecule has 0 fully saturated rings. The van der Waals surface area contributed by atoms with Gasteiger partial charge in [0.1, 0.15) is 11.5 Å². The molecular formula is C11H9N2O3-. The summed E-state index contributed by atoms with van der Waals surface area (Å²) in [5.74, 6) is 1.04. The lowest BCUT2D eigenvalue weighted by molar-refractivity contribution is -0.718. The molecule has 0 unspecified atom stereocenters. The van der Waals surface area contributed by atoms with E-state index in [2.05, 4.69) is 4.98 Å². The van der Waals surface area contributed by atoms with Crippen molar-refractivity contribution in [1.29, 1.82) is 0 Å². The van der Waals surface area contributed by atoms with E-state index in [9.17, 15) is 10.4 Å². The van der Waals surface area contributed by atoms with Crippen LogP contribution >= 0.6 is 0 Å².